The van der Waals surface area contributed by atoms with Crippen molar-refractivity contribution in [3.05, 3.63) is 11.7 Å². The predicted molar refractivity (Wildman–Crippen MR) is 30.9 cm³/mol. The van der Waals surface area contributed by atoms with Gasteiger partial charge in [0, 0.05) is 0 Å². The number of nitrogens with zero attached hydrogens (tertiary/aromatic N) is 1. The summed E-state index contributed by atoms with van der Waals surface area (Å²) in [6.07, 6.45) is 0. The molecule has 0 atom stereocenters. The molecule has 0 radical (unpaired) electrons. The summed E-state index contributed by atoms with van der Waals surface area (Å²) < 4.78 is 0. The molecule has 0 aromatic heterocycles. The second kappa shape index (κ2) is 1.58. The maximum atomic E-state index is 4.62. The fraction of sp³-hybridized carbons (Fsp3) is 0.250. The minimum Gasteiger partial charge on any atom is -0.349 e. The van der Waals surface area contributed by atoms with Crippen molar-refractivity contribution in [1.29, 1.82) is 0 Å². The van der Waals surface area contributed by atoms with Crippen LogP contribution < -0.4 is 0 Å². The molecular formula is C4H5NOS. The Morgan fingerprint density at radius 2 is 2.57 bits per heavy atom. The van der Waals surface area contributed by atoms with E-state index < -0.39 is 0 Å². The molecule has 7 heavy (non-hydrogen) atoms. The monoisotopic (exact) mass is 115 g/mol. The average Bonchev–Trinajstić information content (AvgIpc) is 1.87. The summed E-state index contributed by atoms with van der Waals surface area (Å²) in [6.45, 7) is 5.41. The van der Waals surface area contributed by atoms with Crippen molar-refractivity contribution in [2.45, 2.75) is 6.92 Å². The van der Waals surface area contributed by atoms with Gasteiger partial charge in [-0.15, -0.1) is 0 Å². The zero-order valence-electron chi connectivity index (χ0n) is 3.97. The third kappa shape index (κ3) is 0.962. The van der Waals surface area contributed by atoms with Gasteiger partial charge in [-0.3, -0.25) is 0 Å². The number of rotatable bonds is 0. The number of hydrogen-bond acceptors (Lipinski definition) is 3. The molecule has 0 bridgehead atoms. The SMILES string of the molecule is C=C1ON=C(C)S1. The molecule has 0 spiro atoms. The largest absolute Gasteiger partial charge is 0.349 e. The van der Waals surface area contributed by atoms with Gasteiger partial charge in [-0.2, -0.15) is 0 Å². The van der Waals surface area contributed by atoms with Gasteiger partial charge in [-0.1, -0.05) is 5.16 Å². The second-order valence-electron chi connectivity index (χ2n) is 1.18. The fourth-order valence-electron chi connectivity index (χ4n) is 0.317. The lowest BCUT2D eigenvalue weighted by Gasteiger charge is -1.81. The van der Waals surface area contributed by atoms with E-state index in [9.17, 15) is 0 Å². The lowest BCUT2D eigenvalue weighted by atomic mass is 10.9. The van der Waals surface area contributed by atoms with Crippen LogP contribution in [0.1, 0.15) is 6.92 Å². The first kappa shape index (κ1) is 4.71. The van der Waals surface area contributed by atoms with E-state index in [0.717, 1.165) is 5.04 Å². The highest BCUT2D eigenvalue weighted by molar-refractivity contribution is 8.17. The molecule has 0 aliphatic carbocycles. The molecule has 0 aromatic rings. The summed E-state index contributed by atoms with van der Waals surface area (Å²) in [7, 11) is 0. The van der Waals surface area contributed by atoms with E-state index in [1.807, 2.05) is 6.92 Å². The first-order valence-corrected chi connectivity index (χ1v) is 2.69. The van der Waals surface area contributed by atoms with Crippen LogP contribution in [0.3, 0.4) is 0 Å². The van der Waals surface area contributed by atoms with Gasteiger partial charge in [0.05, 0.1) is 0 Å². The third-order valence-electron chi connectivity index (χ3n) is 0.538. The Morgan fingerprint density at radius 3 is 2.71 bits per heavy atom. The number of hydrogen-bond donors (Lipinski definition) is 0. The summed E-state index contributed by atoms with van der Waals surface area (Å²) in [5, 5.41) is 5.18. The van der Waals surface area contributed by atoms with Crippen molar-refractivity contribution in [2.24, 2.45) is 5.16 Å². The van der Waals surface area contributed by atoms with Gasteiger partial charge >= 0.3 is 0 Å². The summed E-state index contributed by atoms with van der Waals surface area (Å²) in [5.41, 5.74) is 0. The third-order valence-corrected chi connectivity index (χ3v) is 1.21. The van der Waals surface area contributed by atoms with Crippen molar-refractivity contribution in [1.82, 2.24) is 0 Å². The first-order chi connectivity index (χ1) is 3.29. The number of oxime groups is 1. The molecule has 1 aliphatic heterocycles. The Balaban J connectivity index is 2.58. The maximum absolute atomic E-state index is 4.62. The average molecular weight is 115 g/mol. The van der Waals surface area contributed by atoms with Crippen LogP contribution in [-0.2, 0) is 4.84 Å². The summed E-state index contributed by atoms with van der Waals surface area (Å²) >= 11 is 1.45. The Labute approximate surface area is 46.2 Å². The zero-order chi connectivity index (χ0) is 5.28. The second-order valence-corrected chi connectivity index (χ2v) is 2.43. The van der Waals surface area contributed by atoms with Gasteiger partial charge < -0.3 is 4.84 Å². The van der Waals surface area contributed by atoms with Gasteiger partial charge in [-0.25, -0.2) is 0 Å². The lowest BCUT2D eigenvalue weighted by Crippen LogP contribution is -1.68. The van der Waals surface area contributed by atoms with Gasteiger partial charge in [0.25, 0.3) is 0 Å². The molecule has 0 saturated carbocycles. The lowest BCUT2D eigenvalue weighted by molar-refractivity contribution is 0.265. The van der Waals surface area contributed by atoms with Crippen molar-refractivity contribution >= 4 is 16.8 Å². The van der Waals surface area contributed by atoms with E-state index >= 15 is 0 Å². The molecule has 0 unspecified atom stereocenters. The summed E-state index contributed by atoms with van der Waals surface area (Å²) in [4.78, 5) is 4.62. The van der Waals surface area contributed by atoms with Gasteiger partial charge in [0.1, 0.15) is 5.04 Å². The van der Waals surface area contributed by atoms with E-state index in [0.29, 0.717) is 5.09 Å². The Bertz CT molecular complexity index is 130. The van der Waals surface area contributed by atoms with Crippen LogP contribution in [-0.4, -0.2) is 5.04 Å². The highest BCUT2D eigenvalue weighted by Gasteiger charge is 2.06. The molecule has 3 heteroatoms. The maximum Gasteiger partial charge on any atom is 0.190 e. The van der Waals surface area contributed by atoms with Crippen LogP contribution >= 0.6 is 11.8 Å². The van der Waals surface area contributed by atoms with Crippen LogP contribution in [0.4, 0.5) is 0 Å². The minimum absolute atomic E-state index is 0.664. The van der Waals surface area contributed by atoms with Crippen molar-refractivity contribution in [3.8, 4) is 0 Å². The molecule has 0 saturated heterocycles. The van der Waals surface area contributed by atoms with Crippen LogP contribution in [0.2, 0.25) is 0 Å². The normalized spacial score (nSPS) is 19.0. The minimum atomic E-state index is 0.664. The summed E-state index contributed by atoms with van der Waals surface area (Å²) in [5.74, 6) is 0. The fourth-order valence-corrected chi connectivity index (χ4v) is 0.796. The highest BCUT2D eigenvalue weighted by atomic mass is 32.2. The van der Waals surface area contributed by atoms with Gasteiger partial charge in [-0.05, 0) is 25.3 Å². The molecule has 1 aliphatic rings. The van der Waals surface area contributed by atoms with Crippen LogP contribution in [0.15, 0.2) is 16.8 Å². The molecule has 0 fully saturated rings. The van der Waals surface area contributed by atoms with E-state index in [2.05, 4.69) is 16.6 Å². The summed E-state index contributed by atoms with van der Waals surface area (Å²) in [6, 6.07) is 0. The predicted octanol–water partition coefficient (Wildman–Crippen LogP) is 1.55. The molecule has 2 nitrogen and oxygen atoms in total. The molecule has 1 heterocycles. The number of thioether (sulfide) groups is 1. The topological polar surface area (TPSA) is 21.6 Å². The molecule has 1 rings (SSSR count). The smallest absolute Gasteiger partial charge is 0.190 e. The quantitative estimate of drug-likeness (QED) is 0.477. The zero-order valence-corrected chi connectivity index (χ0v) is 4.79. The molecule has 0 N–H and O–H groups in total. The Kier molecular flexibility index (Phi) is 1.06. The standard InChI is InChI=1S/C4H5NOS/c1-3-5-6-4(2)7-3/h2H2,1H3. The highest BCUT2D eigenvalue weighted by Crippen LogP contribution is 2.23. The molecule has 0 amide bonds. The molecule has 0 aromatic carbocycles. The van der Waals surface area contributed by atoms with Gasteiger partial charge in [0.15, 0.2) is 5.09 Å². The molecular weight excluding hydrogens is 110 g/mol. The Hall–Kier alpha value is -0.440. The van der Waals surface area contributed by atoms with Crippen molar-refractivity contribution in [3.63, 3.8) is 0 Å². The van der Waals surface area contributed by atoms with E-state index in [-0.39, 0.29) is 0 Å². The van der Waals surface area contributed by atoms with Crippen molar-refractivity contribution < 1.29 is 4.84 Å². The Morgan fingerprint density at radius 1 is 1.86 bits per heavy atom. The van der Waals surface area contributed by atoms with E-state index in [1.165, 1.54) is 11.8 Å². The van der Waals surface area contributed by atoms with Crippen molar-refractivity contribution in [2.75, 3.05) is 0 Å². The van der Waals surface area contributed by atoms with E-state index in [1.54, 1.807) is 0 Å². The van der Waals surface area contributed by atoms with Gasteiger partial charge in [0.2, 0.25) is 0 Å². The van der Waals surface area contributed by atoms with Crippen LogP contribution in [0.25, 0.3) is 0 Å². The van der Waals surface area contributed by atoms with Crippen LogP contribution in [0.5, 0.6) is 0 Å². The van der Waals surface area contributed by atoms with Crippen LogP contribution in [0, 0.1) is 0 Å². The molecule has 38 valence electrons. The first-order valence-electron chi connectivity index (χ1n) is 1.87. The van der Waals surface area contributed by atoms with E-state index in [4.69, 9.17) is 0 Å².